The molecule has 0 saturated heterocycles. The van der Waals surface area contributed by atoms with Gasteiger partial charge in [-0.05, 0) is 32.1 Å². The normalized spacial score (nSPS) is 10.9. The van der Waals surface area contributed by atoms with E-state index in [1.54, 1.807) is 32.0 Å². The highest BCUT2D eigenvalue weighted by molar-refractivity contribution is 7.92. The smallest absolute Gasteiger partial charge is 0.185 e. The Balaban J connectivity index is 2.90. The number of carbonyl (C=O) groups excluding carboxylic acids is 1. The highest BCUT2D eigenvalue weighted by atomic mass is 32.2. The largest absolute Gasteiger partial charge is 0.294 e. The van der Waals surface area contributed by atoms with E-state index in [0.717, 1.165) is 5.57 Å². The Labute approximate surface area is 95.7 Å². The second-order valence-electron chi connectivity index (χ2n) is 3.76. The van der Waals surface area contributed by atoms with Crippen LogP contribution >= 0.6 is 0 Å². The lowest BCUT2D eigenvalue weighted by atomic mass is 10.3. The average Bonchev–Trinajstić information content (AvgIpc) is 2.16. The highest BCUT2D eigenvalue weighted by Crippen LogP contribution is 2.10. The second kappa shape index (κ2) is 5.07. The van der Waals surface area contributed by atoms with E-state index in [4.69, 9.17) is 0 Å². The van der Waals surface area contributed by atoms with Crippen LogP contribution in [0.2, 0.25) is 0 Å². The minimum atomic E-state index is -3.50. The number of carbonyl (C=O) groups is 1. The van der Waals surface area contributed by atoms with Gasteiger partial charge in [-0.3, -0.25) is 4.79 Å². The number of hydrogen-bond donors (Lipinski definition) is 0. The zero-order valence-electron chi connectivity index (χ0n) is 9.30. The molecule has 0 N–H and O–H groups in total. The molecule has 0 aromatic heterocycles. The lowest BCUT2D eigenvalue weighted by Crippen LogP contribution is -2.14. The van der Waals surface area contributed by atoms with Crippen LogP contribution in [0.5, 0.6) is 0 Å². The lowest BCUT2D eigenvalue weighted by Gasteiger charge is -2.01. The van der Waals surface area contributed by atoms with Gasteiger partial charge in [0.1, 0.15) is 5.75 Å². The standard InChI is InChI=1S/C12H14O3S/c1-10(2)8-11(13)9-16(14,15)12-6-4-3-5-7-12/h3-8H,9H2,1-2H3. The summed E-state index contributed by atoms with van der Waals surface area (Å²) in [5.74, 6) is -0.855. The summed E-state index contributed by atoms with van der Waals surface area (Å²) in [4.78, 5) is 11.6. The van der Waals surface area contributed by atoms with Crippen molar-refractivity contribution in [2.75, 3.05) is 5.75 Å². The van der Waals surface area contributed by atoms with E-state index in [9.17, 15) is 13.2 Å². The minimum absolute atomic E-state index is 0.186. The quantitative estimate of drug-likeness (QED) is 0.754. The lowest BCUT2D eigenvalue weighted by molar-refractivity contribution is -0.112. The maximum absolute atomic E-state index is 11.8. The third kappa shape index (κ3) is 3.62. The Morgan fingerprint density at radius 3 is 2.25 bits per heavy atom. The molecule has 1 rings (SSSR count). The molecule has 4 heteroatoms. The van der Waals surface area contributed by atoms with Crippen molar-refractivity contribution in [2.45, 2.75) is 18.7 Å². The molecule has 0 bridgehead atoms. The van der Waals surface area contributed by atoms with E-state index < -0.39 is 15.6 Å². The average molecular weight is 238 g/mol. The predicted molar refractivity (Wildman–Crippen MR) is 62.9 cm³/mol. The first-order valence-electron chi connectivity index (χ1n) is 4.87. The van der Waals surface area contributed by atoms with Crippen molar-refractivity contribution in [3.63, 3.8) is 0 Å². The van der Waals surface area contributed by atoms with E-state index in [-0.39, 0.29) is 10.7 Å². The summed E-state index contributed by atoms with van der Waals surface area (Å²) in [7, 11) is -3.50. The molecule has 0 fully saturated rings. The van der Waals surface area contributed by atoms with Gasteiger partial charge in [-0.1, -0.05) is 23.8 Å². The van der Waals surface area contributed by atoms with Crippen LogP contribution in [0.15, 0.2) is 46.9 Å². The molecule has 0 amide bonds. The van der Waals surface area contributed by atoms with Crippen molar-refractivity contribution >= 4 is 15.6 Å². The van der Waals surface area contributed by atoms with Crippen LogP contribution < -0.4 is 0 Å². The van der Waals surface area contributed by atoms with Crippen molar-refractivity contribution in [1.29, 1.82) is 0 Å². The molecule has 0 aliphatic carbocycles. The predicted octanol–water partition coefficient (Wildman–Crippen LogP) is 2.00. The fraction of sp³-hybridized carbons (Fsp3) is 0.250. The Morgan fingerprint density at radius 1 is 1.19 bits per heavy atom. The van der Waals surface area contributed by atoms with Crippen LogP contribution in [0.3, 0.4) is 0 Å². The van der Waals surface area contributed by atoms with Gasteiger partial charge in [-0.25, -0.2) is 8.42 Å². The molecule has 3 nitrogen and oxygen atoms in total. The van der Waals surface area contributed by atoms with Gasteiger partial charge < -0.3 is 0 Å². The van der Waals surface area contributed by atoms with Crippen LogP contribution in [-0.4, -0.2) is 20.0 Å². The molecule has 0 saturated carbocycles. The van der Waals surface area contributed by atoms with Crippen molar-refractivity contribution in [2.24, 2.45) is 0 Å². The van der Waals surface area contributed by atoms with Crippen LogP contribution in [0, 0.1) is 0 Å². The first-order valence-corrected chi connectivity index (χ1v) is 6.52. The molecular weight excluding hydrogens is 224 g/mol. The van der Waals surface area contributed by atoms with Gasteiger partial charge in [0.15, 0.2) is 15.6 Å². The highest BCUT2D eigenvalue weighted by Gasteiger charge is 2.17. The first-order chi connectivity index (χ1) is 7.42. The summed E-state index contributed by atoms with van der Waals surface area (Å²) in [5.41, 5.74) is 0.799. The van der Waals surface area contributed by atoms with Crippen LogP contribution in [-0.2, 0) is 14.6 Å². The molecule has 0 aliphatic rings. The van der Waals surface area contributed by atoms with E-state index >= 15 is 0 Å². The zero-order chi connectivity index (χ0) is 12.2. The molecule has 0 aliphatic heterocycles. The van der Waals surface area contributed by atoms with Gasteiger partial charge in [0.25, 0.3) is 0 Å². The summed E-state index contributed by atoms with van der Waals surface area (Å²) in [6.07, 6.45) is 1.35. The molecule has 86 valence electrons. The maximum atomic E-state index is 11.8. The molecule has 1 aromatic rings. The molecule has 0 heterocycles. The van der Waals surface area contributed by atoms with Crippen molar-refractivity contribution < 1.29 is 13.2 Å². The third-order valence-corrected chi connectivity index (χ3v) is 3.54. The van der Waals surface area contributed by atoms with Crippen LogP contribution in [0.25, 0.3) is 0 Å². The summed E-state index contributed by atoms with van der Waals surface area (Å²) >= 11 is 0. The number of rotatable bonds is 4. The fourth-order valence-electron chi connectivity index (χ4n) is 1.26. The molecule has 0 spiro atoms. The van der Waals surface area contributed by atoms with Crippen molar-refractivity contribution in [3.8, 4) is 0 Å². The summed E-state index contributed by atoms with van der Waals surface area (Å²) in [6, 6.07) is 7.99. The van der Waals surface area contributed by atoms with E-state index in [0.29, 0.717) is 0 Å². The van der Waals surface area contributed by atoms with Gasteiger partial charge in [-0.2, -0.15) is 0 Å². The molecular formula is C12H14O3S. The molecule has 0 unspecified atom stereocenters. The van der Waals surface area contributed by atoms with Gasteiger partial charge in [0.2, 0.25) is 0 Å². The topological polar surface area (TPSA) is 51.2 Å². The Morgan fingerprint density at radius 2 is 1.75 bits per heavy atom. The SMILES string of the molecule is CC(C)=CC(=O)CS(=O)(=O)c1ccccc1. The number of allylic oxidation sites excluding steroid dienone is 2. The van der Waals surface area contributed by atoms with E-state index in [2.05, 4.69) is 0 Å². The van der Waals surface area contributed by atoms with Gasteiger partial charge in [0, 0.05) is 0 Å². The van der Waals surface area contributed by atoms with E-state index in [1.807, 2.05) is 0 Å². The number of sulfone groups is 1. The van der Waals surface area contributed by atoms with Crippen molar-refractivity contribution in [1.82, 2.24) is 0 Å². The first kappa shape index (κ1) is 12.6. The van der Waals surface area contributed by atoms with Gasteiger partial charge in [0.05, 0.1) is 4.90 Å². The molecule has 1 aromatic carbocycles. The Kier molecular flexibility index (Phi) is 4.01. The van der Waals surface area contributed by atoms with Crippen LogP contribution in [0.4, 0.5) is 0 Å². The summed E-state index contributed by atoms with van der Waals surface area (Å²) in [6.45, 7) is 3.51. The zero-order valence-corrected chi connectivity index (χ0v) is 10.1. The van der Waals surface area contributed by atoms with E-state index in [1.165, 1.54) is 18.2 Å². The number of benzene rings is 1. The summed E-state index contributed by atoms with van der Waals surface area (Å²) < 4.78 is 23.5. The molecule has 0 atom stereocenters. The summed E-state index contributed by atoms with van der Waals surface area (Å²) in [5, 5.41) is 0. The Bertz CT molecular complexity index is 494. The van der Waals surface area contributed by atoms with Gasteiger partial charge in [-0.15, -0.1) is 0 Å². The monoisotopic (exact) mass is 238 g/mol. The van der Waals surface area contributed by atoms with Gasteiger partial charge >= 0.3 is 0 Å². The molecule has 16 heavy (non-hydrogen) atoms. The number of hydrogen-bond acceptors (Lipinski definition) is 3. The van der Waals surface area contributed by atoms with Crippen LogP contribution in [0.1, 0.15) is 13.8 Å². The number of ketones is 1. The third-order valence-electron chi connectivity index (χ3n) is 1.88. The van der Waals surface area contributed by atoms with Crippen molar-refractivity contribution in [3.05, 3.63) is 42.0 Å². The maximum Gasteiger partial charge on any atom is 0.185 e. The fourth-order valence-corrected chi connectivity index (χ4v) is 2.46. The molecule has 0 radical (unpaired) electrons. The minimum Gasteiger partial charge on any atom is -0.294 e. The second-order valence-corrected chi connectivity index (χ2v) is 5.75. The Hall–Kier alpha value is -1.42.